The summed E-state index contributed by atoms with van der Waals surface area (Å²) in [5, 5.41) is 0. The van der Waals surface area contributed by atoms with Gasteiger partial charge in [-0.25, -0.2) is 0 Å². The van der Waals surface area contributed by atoms with Crippen LogP contribution in [-0.4, -0.2) is 54.9 Å². The van der Waals surface area contributed by atoms with Crippen LogP contribution in [0.15, 0.2) is 54.6 Å². The van der Waals surface area contributed by atoms with Crippen LogP contribution in [0.25, 0.3) is 0 Å². The van der Waals surface area contributed by atoms with E-state index in [1.54, 1.807) is 19.0 Å². The number of benzene rings is 2. The van der Waals surface area contributed by atoms with Gasteiger partial charge in [0.15, 0.2) is 0 Å². The van der Waals surface area contributed by atoms with Crippen LogP contribution >= 0.6 is 0 Å². The van der Waals surface area contributed by atoms with Crippen molar-refractivity contribution in [3.8, 4) is 0 Å². The molecule has 0 radical (unpaired) electrons. The first kappa shape index (κ1) is 19.6. The lowest BCUT2D eigenvalue weighted by Crippen LogP contribution is -2.50. The molecule has 1 atom stereocenters. The molecule has 1 spiro atoms. The second kappa shape index (κ2) is 7.99. The molecule has 2 aromatic rings. The first-order valence-electron chi connectivity index (χ1n) is 10.3. The third kappa shape index (κ3) is 3.92. The zero-order valence-electron chi connectivity index (χ0n) is 17.1. The van der Waals surface area contributed by atoms with Crippen LogP contribution < -0.4 is 0 Å². The monoisotopic (exact) mass is 392 g/mol. The fourth-order valence-electron chi connectivity index (χ4n) is 4.52. The topological polar surface area (TPSA) is 49.9 Å². The lowest BCUT2D eigenvalue weighted by atomic mass is 9.77. The Balaban J connectivity index is 1.53. The Morgan fingerprint density at radius 3 is 2.38 bits per heavy atom. The summed E-state index contributed by atoms with van der Waals surface area (Å²) in [5.74, 6) is 0.158. The van der Waals surface area contributed by atoms with Crippen molar-refractivity contribution >= 4 is 11.8 Å². The van der Waals surface area contributed by atoms with Gasteiger partial charge in [-0.3, -0.25) is 9.59 Å². The number of rotatable bonds is 3. The smallest absolute Gasteiger partial charge is 0.253 e. The molecule has 2 aliphatic heterocycles. The van der Waals surface area contributed by atoms with Crippen LogP contribution in [0.2, 0.25) is 0 Å². The van der Waals surface area contributed by atoms with Gasteiger partial charge in [0, 0.05) is 32.7 Å². The molecular weight excluding hydrogens is 364 g/mol. The summed E-state index contributed by atoms with van der Waals surface area (Å²) >= 11 is 0. The van der Waals surface area contributed by atoms with Gasteiger partial charge in [-0.05, 0) is 42.5 Å². The summed E-state index contributed by atoms with van der Waals surface area (Å²) in [6.45, 7) is 1.30. The number of hydrogen-bond acceptors (Lipinski definition) is 3. The first-order chi connectivity index (χ1) is 14.0. The number of likely N-dealkylation sites (tertiary alicyclic amines) is 1. The quantitative estimate of drug-likeness (QED) is 0.806. The minimum absolute atomic E-state index is 0.0730. The van der Waals surface area contributed by atoms with E-state index in [9.17, 15) is 9.59 Å². The molecule has 152 valence electrons. The van der Waals surface area contributed by atoms with Crippen molar-refractivity contribution in [3.63, 3.8) is 0 Å². The van der Waals surface area contributed by atoms with Crippen LogP contribution in [0.5, 0.6) is 0 Å². The van der Waals surface area contributed by atoms with Crippen molar-refractivity contribution in [1.29, 1.82) is 0 Å². The number of ether oxygens (including phenoxy) is 1. The molecule has 1 fully saturated rings. The molecule has 0 aliphatic carbocycles. The van der Waals surface area contributed by atoms with Gasteiger partial charge in [-0.1, -0.05) is 42.5 Å². The second-order valence-electron chi connectivity index (χ2n) is 8.25. The Hall–Kier alpha value is -2.66. The summed E-state index contributed by atoms with van der Waals surface area (Å²) in [7, 11) is 3.56. The minimum atomic E-state index is -0.417. The average molecular weight is 392 g/mol. The zero-order chi connectivity index (χ0) is 20.4. The van der Waals surface area contributed by atoms with Crippen LogP contribution in [0, 0.1) is 0 Å². The van der Waals surface area contributed by atoms with Crippen LogP contribution in [0.1, 0.15) is 40.7 Å². The van der Waals surface area contributed by atoms with E-state index in [1.165, 1.54) is 11.1 Å². The van der Waals surface area contributed by atoms with Gasteiger partial charge in [0.05, 0.1) is 18.1 Å². The number of fused-ring (bicyclic) bond motifs is 2. The highest BCUT2D eigenvalue weighted by Crippen LogP contribution is 2.44. The third-order valence-corrected chi connectivity index (χ3v) is 6.13. The molecule has 1 unspecified atom stereocenters. The maximum atomic E-state index is 12.8. The maximum absolute atomic E-state index is 12.8. The number of nitrogens with zero attached hydrogens (tertiary/aromatic N) is 2. The van der Waals surface area contributed by atoms with E-state index in [-0.39, 0.29) is 17.9 Å². The highest BCUT2D eigenvalue weighted by Gasteiger charge is 2.44. The SMILES string of the molecule is CN(C)C(=O)CC1Cc2ccccc2C2(CCN(C(=O)c3ccccc3)CC2)O1. The maximum Gasteiger partial charge on any atom is 0.253 e. The Morgan fingerprint density at radius 2 is 1.69 bits per heavy atom. The normalized spacial score (nSPS) is 20.2. The molecule has 2 heterocycles. The van der Waals surface area contributed by atoms with E-state index in [2.05, 4.69) is 24.3 Å². The summed E-state index contributed by atoms with van der Waals surface area (Å²) in [6.07, 6.45) is 2.50. The summed E-state index contributed by atoms with van der Waals surface area (Å²) in [4.78, 5) is 28.7. The molecule has 1 saturated heterocycles. The van der Waals surface area contributed by atoms with Gasteiger partial charge < -0.3 is 14.5 Å². The van der Waals surface area contributed by atoms with Crippen molar-refractivity contribution in [2.24, 2.45) is 0 Å². The van der Waals surface area contributed by atoms with E-state index in [0.717, 1.165) is 24.8 Å². The molecule has 2 amide bonds. The average Bonchev–Trinajstić information content (AvgIpc) is 2.74. The van der Waals surface area contributed by atoms with E-state index < -0.39 is 5.60 Å². The molecule has 2 aliphatic rings. The van der Waals surface area contributed by atoms with Crippen LogP contribution in [-0.2, 0) is 21.6 Å². The minimum Gasteiger partial charge on any atom is -0.366 e. The van der Waals surface area contributed by atoms with Crippen molar-refractivity contribution in [2.75, 3.05) is 27.2 Å². The predicted molar refractivity (Wildman–Crippen MR) is 112 cm³/mol. The number of amides is 2. The molecule has 5 nitrogen and oxygen atoms in total. The fraction of sp³-hybridized carbons (Fsp3) is 0.417. The molecule has 0 saturated carbocycles. The number of carbonyl (C=O) groups is 2. The van der Waals surface area contributed by atoms with Crippen LogP contribution in [0.4, 0.5) is 0 Å². The number of piperidine rings is 1. The Morgan fingerprint density at radius 1 is 1.03 bits per heavy atom. The van der Waals surface area contributed by atoms with E-state index in [4.69, 9.17) is 4.74 Å². The van der Waals surface area contributed by atoms with Gasteiger partial charge in [-0.15, -0.1) is 0 Å². The lowest BCUT2D eigenvalue weighted by molar-refractivity contribution is -0.151. The predicted octanol–water partition coefficient (Wildman–Crippen LogP) is 3.24. The summed E-state index contributed by atoms with van der Waals surface area (Å²) in [5.41, 5.74) is 2.79. The third-order valence-electron chi connectivity index (χ3n) is 6.13. The van der Waals surface area contributed by atoms with E-state index >= 15 is 0 Å². The summed E-state index contributed by atoms with van der Waals surface area (Å²) < 4.78 is 6.61. The Labute approximate surface area is 172 Å². The Kier molecular flexibility index (Phi) is 5.41. The van der Waals surface area contributed by atoms with E-state index in [1.807, 2.05) is 35.2 Å². The van der Waals surface area contributed by atoms with E-state index in [0.29, 0.717) is 19.5 Å². The van der Waals surface area contributed by atoms with Crippen molar-refractivity contribution in [1.82, 2.24) is 9.80 Å². The molecule has 5 heteroatoms. The largest absolute Gasteiger partial charge is 0.366 e. The number of carbonyl (C=O) groups excluding carboxylic acids is 2. The lowest BCUT2D eigenvalue weighted by Gasteiger charge is -2.47. The van der Waals surface area contributed by atoms with Gasteiger partial charge in [0.25, 0.3) is 5.91 Å². The van der Waals surface area contributed by atoms with Gasteiger partial charge in [0.2, 0.25) is 5.91 Å². The first-order valence-corrected chi connectivity index (χ1v) is 10.3. The van der Waals surface area contributed by atoms with Crippen LogP contribution in [0.3, 0.4) is 0 Å². The van der Waals surface area contributed by atoms with Crippen molar-refractivity contribution < 1.29 is 14.3 Å². The zero-order valence-corrected chi connectivity index (χ0v) is 17.1. The highest BCUT2D eigenvalue weighted by molar-refractivity contribution is 5.94. The Bertz CT molecular complexity index is 886. The van der Waals surface area contributed by atoms with Gasteiger partial charge in [0.1, 0.15) is 0 Å². The van der Waals surface area contributed by atoms with Crippen molar-refractivity contribution in [2.45, 2.75) is 37.4 Å². The molecule has 2 aromatic carbocycles. The molecule has 4 rings (SSSR count). The van der Waals surface area contributed by atoms with Crippen molar-refractivity contribution in [3.05, 3.63) is 71.3 Å². The fourth-order valence-corrected chi connectivity index (χ4v) is 4.52. The second-order valence-corrected chi connectivity index (χ2v) is 8.25. The molecule has 0 N–H and O–H groups in total. The number of hydrogen-bond donors (Lipinski definition) is 0. The molecule has 0 aromatic heterocycles. The molecule has 29 heavy (non-hydrogen) atoms. The molecular formula is C24H28N2O3. The van der Waals surface area contributed by atoms with Gasteiger partial charge >= 0.3 is 0 Å². The summed E-state index contributed by atoms with van der Waals surface area (Å²) in [6, 6.07) is 17.8. The molecule has 0 bridgehead atoms. The van der Waals surface area contributed by atoms with Gasteiger partial charge in [-0.2, -0.15) is 0 Å². The standard InChI is InChI=1S/C24H28N2O3/c1-25(2)22(27)17-20-16-19-10-6-7-11-21(19)24(29-20)12-14-26(15-13-24)23(28)18-8-4-3-5-9-18/h3-11,20H,12-17H2,1-2H3. The highest BCUT2D eigenvalue weighted by atomic mass is 16.5.